The van der Waals surface area contributed by atoms with Gasteiger partial charge >= 0.3 is 6.55 Å². The number of nitrogens with zero attached hydrogens (tertiary/aromatic N) is 2. The Kier molecular flexibility index (Phi) is 6.25. The molecule has 0 spiro atoms. The standard InChI is InChI=1S/C18H23F2N3O2/c1-11-15(13(3)23(22-11)18(19)20)10-17(25)21-12(2)16(24)9-14-7-5-4-6-8-14/h4-8,12,16,18,24H,9-10H2,1-3H3,(H,21,25)/t12-,16+/m1/s1. The normalized spacial score (nSPS) is 13.7. The molecule has 0 aliphatic heterocycles. The lowest BCUT2D eigenvalue weighted by Crippen LogP contribution is -2.42. The first kappa shape index (κ1) is 19.1. The van der Waals surface area contributed by atoms with Gasteiger partial charge in [-0.3, -0.25) is 4.79 Å². The second kappa shape index (κ2) is 8.20. The fourth-order valence-corrected chi connectivity index (χ4v) is 2.74. The van der Waals surface area contributed by atoms with E-state index < -0.39 is 18.7 Å². The summed E-state index contributed by atoms with van der Waals surface area (Å²) in [6.45, 7) is 2.10. The molecule has 0 aliphatic carbocycles. The number of aryl methyl sites for hydroxylation is 1. The first-order chi connectivity index (χ1) is 11.8. The molecule has 2 N–H and O–H groups in total. The summed E-state index contributed by atoms with van der Waals surface area (Å²) in [4.78, 5) is 12.2. The minimum absolute atomic E-state index is 0.0488. The average molecular weight is 351 g/mol. The predicted molar refractivity (Wildman–Crippen MR) is 90.4 cm³/mol. The molecule has 0 aliphatic rings. The summed E-state index contributed by atoms with van der Waals surface area (Å²) in [5.74, 6) is -0.334. The molecule has 2 atom stereocenters. The highest BCUT2D eigenvalue weighted by Crippen LogP contribution is 2.19. The van der Waals surface area contributed by atoms with Crippen LogP contribution < -0.4 is 5.32 Å². The number of aromatic nitrogens is 2. The van der Waals surface area contributed by atoms with Crippen molar-refractivity contribution in [2.45, 2.75) is 52.3 Å². The number of halogens is 2. The summed E-state index contributed by atoms with van der Waals surface area (Å²) < 4.78 is 26.3. The van der Waals surface area contributed by atoms with Crippen molar-refractivity contribution in [1.29, 1.82) is 0 Å². The first-order valence-electron chi connectivity index (χ1n) is 8.13. The van der Waals surface area contributed by atoms with E-state index in [1.54, 1.807) is 13.8 Å². The fourth-order valence-electron chi connectivity index (χ4n) is 2.74. The largest absolute Gasteiger partial charge is 0.391 e. The number of carbonyl (C=O) groups excluding carboxylic acids is 1. The lowest BCUT2D eigenvalue weighted by molar-refractivity contribution is -0.121. The molecule has 25 heavy (non-hydrogen) atoms. The van der Waals surface area contributed by atoms with Crippen molar-refractivity contribution in [3.05, 3.63) is 52.8 Å². The molecule has 1 aromatic carbocycles. The van der Waals surface area contributed by atoms with Crippen LogP contribution in [0, 0.1) is 13.8 Å². The lowest BCUT2D eigenvalue weighted by atomic mass is 10.0. The van der Waals surface area contributed by atoms with Crippen LogP contribution in [0.25, 0.3) is 0 Å². The van der Waals surface area contributed by atoms with E-state index in [9.17, 15) is 18.7 Å². The van der Waals surface area contributed by atoms with E-state index in [1.807, 2.05) is 30.3 Å². The van der Waals surface area contributed by atoms with Crippen LogP contribution in [0.15, 0.2) is 30.3 Å². The number of alkyl halides is 2. The van der Waals surface area contributed by atoms with Gasteiger partial charge in [0.05, 0.1) is 24.3 Å². The molecule has 0 unspecified atom stereocenters. The topological polar surface area (TPSA) is 67.2 Å². The molecule has 1 amide bonds. The van der Waals surface area contributed by atoms with Crippen molar-refractivity contribution in [3.63, 3.8) is 0 Å². The average Bonchev–Trinajstić information content (AvgIpc) is 2.84. The molecule has 7 heteroatoms. The molecule has 0 saturated heterocycles. The molecule has 2 aromatic rings. The van der Waals surface area contributed by atoms with E-state index in [0.29, 0.717) is 22.4 Å². The van der Waals surface area contributed by atoms with E-state index >= 15 is 0 Å². The highest BCUT2D eigenvalue weighted by Gasteiger charge is 2.21. The summed E-state index contributed by atoms with van der Waals surface area (Å²) in [7, 11) is 0. The van der Waals surface area contributed by atoms with E-state index in [-0.39, 0.29) is 18.0 Å². The Morgan fingerprint density at radius 3 is 2.48 bits per heavy atom. The summed E-state index contributed by atoms with van der Waals surface area (Å²) in [5, 5.41) is 16.7. The van der Waals surface area contributed by atoms with E-state index in [1.165, 1.54) is 6.92 Å². The number of amides is 1. The van der Waals surface area contributed by atoms with Crippen LogP contribution in [0.3, 0.4) is 0 Å². The third-order valence-corrected chi connectivity index (χ3v) is 4.25. The Bertz CT molecular complexity index is 717. The number of carbonyl (C=O) groups is 1. The van der Waals surface area contributed by atoms with Crippen molar-refractivity contribution in [3.8, 4) is 0 Å². The van der Waals surface area contributed by atoms with Crippen molar-refractivity contribution in [1.82, 2.24) is 15.1 Å². The second-order valence-electron chi connectivity index (χ2n) is 6.16. The van der Waals surface area contributed by atoms with Crippen molar-refractivity contribution in [2.24, 2.45) is 0 Å². The quantitative estimate of drug-likeness (QED) is 0.806. The minimum atomic E-state index is -2.73. The number of aliphatic hydroxyl groups excluding tert-OH is 1. The van der Waals surface area contributed by atoms with Crippen LogP contribution in [-0.4, -0.2) is 32.9 Å². The van der Waals surface area contributed by atoms with E-state index in [2.05, 4.69) is 10.4 Å². The number of hydrogen-bond donors (Lipinski definition) is 2. The highest BCUT2D eigenvalue weighted by molar-refractivity contribution is 5.79. The van der Waals surface area contributed by atoms with Crippen molar-refractivity contribution >= 4 is 5.91 Å². The number of benzene rings is 1. The van der Waals surface area contributed by atoms with E-state index in [4.69, 9.17) is 0 Å². The molecule has 5 nitrogen and oxygen atoms in total. The van der Waals surface area contributed by atoms with Gasteiger partial charge < -0.3 is 10.4 Å². The molecule has 0 saturated carbocycles. The van der Waals surface area contributed by atoms with Crippen molar-refractivity contribution < 1.29 is 18.7 Å². The highest BCUT2D eigenvalue weighted by atomic mass is 19.3. The Morgan fingerprint density at radius 1 is 1.28 bits per heavy atom. The maximum Gasteiger partial charge on any atom is 0.333 e. The molecular formula is C18H23F2N3O2. The number of nitrogens with one attached hydrogen (secondary N) is 1. The molecular weight excluding hydrogens is 328 g/mol. The van der Waals surface area contributed by atoms with Crippen LogP contribution in [0.5, 0.6) is 0 Å². The number of rotatable bonds is 7. The third-order valence-electron chi connectivity index (χ3n) is 4.25. The van der Waals surface area contributed by atoms with Crippen LogP contribution >= 0.6 is 0 Å². The van der Waals surface area contributed by atoms with E-state index in [0.717, 1.165) is 5.56 Å². The second-order valence-corrected chi connectivity index (χ2v) is 6.16. The zero-order valence-corrected chi connectivity index (χ0v) is 14.5. The molecule has 1 heterocycles. The number of hydrogen-bond acceptors (Lipinski definition) is 3. The third kappa shape index (κ3) is 4.85. The molecule has 2 rings (SSSR count). The minimum Gasteiger partial charge on any atom is -0.391 e. The van der Waals surface area contributed by atoms with Gasteiger partial charge in [-0.15, -0.1) is 0 Å². The van der Waals surface area contributed by atoms with Crippen LogP contribution in [0.1, 0.15) is 36.0 Å². The monoisotopic (exact) mass is 351 g/mol. The van der Waals surface area contributed by atoms with Gasteiger partial charge in [-0.05, 0) is 26.3 Å². The number of aliphatic hydroxyl groups is 1. The zero-order valence-electron chi connectivity index (χ0n) is 14.5. The van der Waals surface area contributed by atoms with Gasteiger partial charge in [0.2, 0.25) is 5.91 Å². The Hall–Kier alpha value is -2.28. The molecule has 1 aromatic heterocycles. The summed E-state index contributed by atoms with van der Waals surface area (Å²) in [5.41, 5.74) is 2.15. The first-order valence-corrected chi connectivity index (χ1v) is 8.13. The smallest absolute Gasteiger partial charge is 0.333 e. The maximum absolute atomic E-state index is 12.8. The lowest BCUT2D eigenvalue weighted by Gasteiger charge is -2.20. The summed E-state index contributed by atoms with van der Waals surface area (Å²) >= 11 is 0. The molecule has 0 fully saturated rings. The molecule has 0 radical (unpaired) electrons. The SMILES string of the molecule is Cc1nn(C(F)F)c(C)c1CC(=O)N[C@H](C)[C@@H](O)Cc1ccccc1. The van der Waals surface area contributed by atoms with Crippen LogP contribution in [0.2, 0.25) is 0 Å². The Morgan fingerprint density at radius 2 is 1.92 bits per heavy atom. The van der Waals surface area contributed by atoms with Gasteiger partial charge in [0.1, 0.15) is 0 Å². The van der Waals surface area contributed by atoms with Gasteiger partial charge in [0.15, 0.2) is 0 Å². The van der Waals surface area contributed by atoms with Crippen molar-refractivity contribution in [2.75, 3.05) is 0 Å². The molecule has 0 bridgehead atoms. The fraction of sp³-hybridized carbons (Fsp3) is 0.444. The van der Waals surface area contributed by atoms with Gasteiger partial charge in [0, 0.05) is 17.7 Å². The zero-order chi connectivity index (χ0) is 18.6. The summed E-state index contributed by atoms with van der Waals surface area (Å²) in [6.07, 6.45) is -0.367. The van der Waals surface area contributed by atoms with Gasteiger partial charge in [-0.2, -0.15) is 13.9 Å². The van der Waals surface area contributed by atoms with Gasteiger partial charge in [-0.25, -0.2) is 4.68 Å². The van der Waals surface area contributed by atoms with Crippen LogP contribution in [-0.2, 0) is 17.6 Å². The van der Waals surface area contributed by atoms with Gasteiger partial charge in [0.25, 0.3) is 0 Å². The Balaban J connectivity index is 1.95. The van der Waals surface area contributed by atoms with Gasteiger partial charge in [-0.1, -0.05) is 30.3 Å². The Labute approximate surface area is 145 Å². The summed E-state index contributed by atoms with van der Waals surface area (Å²) in [6, 6.07) is 9.02. The van der Waals surface area contributed by atoms with Crippen LogP contribution in [0.4, 0.5) is 8.78 Å². The maximum atomic E-state index is 12.8. The predicted octanol–water partition coefficient (Wildman–Crippen LogP) is 2.55. The molecule has 136 valence electrons.